The van der Waals surface area contributed by atoms with E-state index in [0.717, 1.165) is 11.0 Å². The van der Waals surface area contributed by atoms with Crippen molar-refractivity contribution in [2.24, 2.45) is 17.8 Å². The zero-order valence-corrected chi connectivity index (χ0v) is 24.0. The van der Waals surface area contributed by atoms with Crippen molar-refractivity contribution in [3.63, 3.8) is 0 Å². The lowest BCUT2D eigenvalue weighted by Gasteiger charge is -2.54. The molecule has 7 rings (SSSR count). The quantitative estimate of drug-likeness (QED) is 0.0931. The van der Waals surface area contributed by atoms with Gasteiger partial charge in [0.05, 0.1) is 16.8 Å². The molecule has 0 N–H and O–H groups in total. The number of ether oxygens (including phenoxy) is 1. The summed E-state index contributed by atoms with van der Waals surface area (Å²) in [7, 11) is 0. The molecule has 0 saturated carbocycles. The number of esters is 1. The van der Waals surface area contributed by atoms with Crippen LogP contribution in [-0.4, -0.2) is 46.0 Å². The number of nitro groups is 1. The lowest BCUT2D eigenvalue weighted by molar-refractivity contribution is -0.384. The fraction of sp³-hybridized carbons (Fsp3) is 0.290. The molecule has 3 aromatic carbocycles. The Morgan fingerprint density at radius 3 is 1.79 bits per heavy atom. The van der Waals surface area contributed by atoms with Gasteiger partial charge < -0.3 is 4.74 Å². The molecule has 1 heterocycles. The zero-order valence-electron chi connectivity index (χ0n) is 22.5. The molecule has 214 valence electrons. The number of rotatable bonds is 7. The molecule has 2 amide bonds. The van der Waals surface area contributed by atoms with Crippen molar-refractivity contribution in [3.05, 3.63) is 111 Å². The van der Waals surface area contributed by atoms with Crippen molar-refractivity contribution in [1.29, 1.82) is 0 Å². The minimum absolute atomic E-state index is 0.0160. The monoisotopic (exact) mass is 606 g/mol. The first kappa shape index (κ1) is 28.1. The Morgan fingerprint density at radius 2 is 1.36 bits per heavy atom. The van der Waals surface area contributed by atoms with Crippen LogP contribution in [0.3, 0.4) is 0 Å². The van der Waals surface area contributed by atoms with E-state index < -0.39 is 68.6 Å². The number of non-ortho nitro benzene ring substituents is 1. The van der Waals surface area contributed by atoms with Crippen molar-refractivity contribution in [2.75, 3.05) is 6.61 Å². The minimum atomic E-state index is -1.40. The van der Waals surface area contributed by atoms with Gasteiger partial charge in [0, 0.05) is 17.7 Å². The number of benzene rings is 3. The maximum absolute atomic E-state index is 14.2. The number of amides is 2. The molecule has 9 nitrogen and oxygen atoms in total. The summed E-state index contributed by atoms with van der Waals surface area (Å²) in [6, 6.07) is 18.1. The molecular weight excluding hydrogens is 583 g/mol. The highest BCUT2D eigenvalue weighted by Crippen LogP contribution is 2.69. The number of hydrogen-bond donors (Lipinski definition) is 0. The first-order valence-corrected chi connectivity index (χ1v) is 14.1. The van der Waals surface area contributed by atoms with Crippen LogP contribution in [0.1, 0.15) is 46.5 Å². The number of halogens is 2. The van der Waals surface area contributed by atoms with Gasteiger partial charge in [-0.15, -0.1) is 23.2 Å². The molecule has 11 heteroatoms. The third kappa shape index (κ3) is 3.69. The molecule has 0 unspecified atom stereocenters. The number of nitro benzene ring substituents is 1. The Labute approximate surface area is 250 Å². The van der Waals surface area contributed by atoms with Crippen LogP contribution >= 0.6 is 23.2 Å². The summed E-state index contributed by atoms with van der Waals surface area (Å²) in [5.74, 6) is -5.68. The average molecular weight is 607 g/mol. The maximum Gasteiger partial charge on any atom is 0.330 e. The number of alkyl halides is 2. The number of ketones is 1. The predicted octanol–water partition coefficient (Wildman–Crippen LogP) is 4.94. The SMILES string of the molecule is CC(C)[C@@H](C(=O)OCC(=O)c1cccc([N+](=O)[O-])c1)N1C(=O)[C@@H]2[C@H](C1=O)C1(Cl)c3ccccc3C2(Cl)c2ccccc21. The molecule has 3 aliphatic carbocycles. The Hall–Kier alpha value is -4.08. The van der Waals surface area contributed by atoms with Gasteiger partial charge in [0.2, 0.25) is 17.6 Å². The standard InChI is InChI=1S/C31H24Cl2N2O7/c1-16(2)26(29(39)42-15-23(36)17-8-7-9-18(14-17)35(40)41)34-27(37)24-25(28(34)38)31(33)20-11-4-3-10-19(20)30(24,32)21-12-5-6-13-22(21)31/h3-14,16,24-26H,15H2,1-2H3/t24-,25+,26-,30?,31?/m0/s1. The van der Waals surface area contributed by atoms with Gasteiger partial charge in [-0.05, 0) is 28.2 Å². The maximum atomic E-state index is 14.2. The van der Waals surface area contributed by atoms with Crippen LogP contribution in [0, 0.1) is 27.9 Å². The Kier molecular flexibility index (Phi) is 6.51. The van der Waals surface area contributed by atoms with E-state index in [1.807, 2.05) is 0 Å². The van der Waals surface area contributed by atoms with Crippen molar-refractivity contribution >= 4 is 52.5 Å². The molecule has 1 fully saturated rings. The van der Waals surface area contributed by atoms with Crippen molar-refractivity contribution < 1.29 is 28.8 Å². The number of carbonyl (C=O) groups is 4. The van der Waals surface area contributed by atoms with Gasteiger partial charge in [-0.1, -0.05) is 74.5 Å². The van der Waals surface area contributed by atoms with Crippen LogP contribution in [0.25, 0.3) is 0 Å². The van der Waals surface area contributed by atoms with E-state index in [0.29, 0.717) is 22.3 Å². The summed E-state index contributed by atoms with van der Waals surface area (Å²) < 4.78 is 5.32. The molecule has 0 aromatic heterocycles. The topological polar surface area (TPSA) is 124 Å². The van der Waals surface area contributed by atoms with Gasteiger partial charge in [0.25, 0.3) is 5.69 Å². The van der Waals surface area contributed by atoms with Gasteiger partial charge in [-0.2, -0.15) is 0 Å². The summed E-state index contributed by atoms with van der Waals surface area (Å²) in [6.07, 6.45) is 0. The third-order valence-electron chi connectivity index (χ3n) is 8.50. The summed E-state index contributed by atoms with van der Waals surface area (Å²) in [4.78, 5) is 63.2. The van der Waals surface area contributed by atoms with Crippen LogP contribution < -0.4 is 0 Å². The Morgan fingerprint density at radius 1 is 0.881 bits per heavy atom. The normalized spacial score (nSPS) is 26.0. The number of likely N-dealkylation sites (tertiary alicyclic amines) is 1. The highest BCUT2D eigenvalue weighted by Gasteiger charge is 2.74. The van der Waals surface area contributed by atoms with Crippen molar-refractivity contribution in [3.8, 4) is 0 Å². The third-order valence-corrected chi connectivity index (χ3v) is 9.78. The molecule has 3 aromatic rings. The molecule has 4 aliphatic rings. The molecule has 3 atom stereocenters. The Balaban J connectivity index is 1.35. The number of Topliss-reactive ketones (excluding diaryl/α,β-unsaturated/α-hetero) is 1. The van der Waals surface area contributed by atoms with E-state index >= 15 is 0 Å². The smallest absolute Gasteiger partial charge is 0.330 e. The number of carbonyl (C=O) groups excluding carboxylic acids is 4. The molecule has 0 radical (unpaired) electrons. The fourth-order valence-corrected chi connectivity index (χ4v) is 7.83. The van der Waals surface area contributed by atoms with Gasteiger partial charge >= 0.3 is 5.97 Å². The largest absolute Gasteiger partial charge is 0.456 e. The molecule has 1 aliphatic heterocycles. The number of hydrogen-bond acceptors (Lipinski definition) is 7. The summed E-state index contributed by atoms with van der Waals surface area (Å²) in [6.45, 7) is 2.58. The molecular formula is C31H24Cl2N2O7. The number of nitrogens with zero attached hydrogens (tertiary/aromatic N) is 2. The highest BCUT2D eigenvalue weighted by atomic mass is 35.5. The summed E-state index contributed by atoms with van der Waals surface area (Å²) >= 11 is 14.9. The van der Waals surface area contributed by atoms with Gasteiger partial charge in [-0.25, -0.2) is 4.79 Å². The average Bonchev–Trinajstić information content (AvgIpc) is 3.25. The van der Waals surface area contributed by atoms with Crippen molar-refractivity contribution in [2.45, 2.75) is 29.6 Å². The molecule has 2 bridgehead atoms. The lowest BCUT2D eigenvalue weighted by atomic mass is 9.54. The second-order valence-corrected chi connectivity index (χ2v) is 12.2. The van der Waals surface area contributed by atoms with E-state index in [2.05, 4.69) is 0 Å². The second-order valence-electron chi connectivity index (χ2n) is 11.0. The minimum Gasteiger partial charge on any atom is -0.456 e. The molecule has 42 heavy (non-hydrogen) atoms. The lowest BCUT2D eigenvalue weighted by Crippen LogP contribution is -2.57. The van der Waals surface area contributed by atoms with E-state index in [1.54, 1.807) is 62.4 Å². The van der Waals surface area contributed by atoms with Crippen molar-refractivity contribution in [1.82, 2.24) is 4.90 Å². The van der Waals surface area contributed by atoms with Crippen LogP contribution in [0.15, 0.2) is 72.8 Å². The van der Waals surface area contributed by atoms with Crippen LogP contribution in [-0.2, 0) is 28.9 Å². The van der Waals surface area contributed by atoms with E-state index in [1.165, 1.54) is 18.2 Å². The van der Waals surface area contributed by atoms with Crippen LogP contribution in [0.5, 0.6) is 0 Å². The predicted molar refractivity (Wildman–Crippen MR) is 152 cm³/mol. The van der Waals surface area contributed by atoms with Gasteiger partial charge in [0.15, 0.2) is 6.61 Å². The van der Waals surface area contributed by atoms with Crippen LogP contribution in [0.2, 0.25) is 0 Å². The van der Waals surface area contributed by atoms with Gasteiger partial charge in [0.1, 0.15) is 15.8 Å². The van der Waals surface area contributed by atoms with Crippen LogP contribution in [0.4, 0.5) is 5.69 Å². The molecule has 0 spiro atoms. The van der Waals surface area contributed by atoms with E-state index in [9.17, 15) is 29.3 Å². The molecule has 1 saturated heterocycles. The Bertz CT molecular complexity index is 1580. The van der Waals surface area contributed by atoms with E-state index in [4.69, 9.17) is 27.9 Å². The number of imide groups is 1. The summed E-state index contributed by atoms with van der Waals surface area (Å²) in [5.41, 5.74) is 2.24. The van der Waals surface area contributed by atoms with Gasteiger partial charge in [-0.3, -0.25) is 29.4 Å². The first-order valence-electron chi connectivity index (χ1n) is 13.3. The summed E-state index contributed by atoms with van der Waals surface area (Å²) in [5, 5.41) is 11.1. The second kappa shape index (κ2) is 9.74. The fourth-order valence-electron chi connectivity index (χ4n) is 6.74. The van der Waals surface area contributed by atoms with E-state index in [-0.39, 0.29) is 11.3 Å². The first-order chi connectivity index (χ1) is 19.9. The highest BCUT2D eigenvalue weighted by molar-refractivity contribution is 6.36. The zero-order chi connectivity index (χ0) is 30.1.